The van der Waals surface area contributed by atoms with Gasteiger partial charge in [0.25, 0.3) is 5.56 Å². The van der Waals surface area contributed by atoms with E-state index in [-0.39, 0.29) is 22.7 Å². The Morgan fingerprint density at radius 1 is 1.47 bits per heavy atom. The molecule has 0 aliphatic carbocycles. The van der Waals surface area contributed by atoms with Gasteiger partial charge in [-0.1, -0.05) is 17.7 Å². The van der Waals surface area contributed by atoms with Crippen LogP contribution in [0, 0.1) is 12.7 Å². The summed E-state index contributed by atoms with van der Waals surface area (Å²) in [4.78, 5) is 12.1. The fraction of sp³-hybridized carbons (Fsp3) is 0.154. The van der Waals surface area contributed by atoms with Crippen LogP contribution in [-0.4, -0.2) is 4.57 Å². The molecule has 1 aromatic heterocycles. The number of rotatable bonds is 2. The van der Waals surface area contributed by atoms with Crippen LogP contribution in [0.15, 0.2) is 33.7 Å². The topological polar surface area (TPSA) is 48.0 Å². The Morgan fingerprint density at radius 3 is 2.79 bits per heavy atom. The Balaban J connectivity index is 2.54. The van der Waals surface area contributed by atoms with Crippen molar-refractivity contribution in [3.63, 3.8) is 0 Å². The zero-order chi connectivity index (χ0) is 14.2. The van der Waals surface area contributed by atoms with E-state index in [9.17, 15) is 9.18 Å². The first-order valence-corrected chi connectivity index (χ1v) is 6.66. The van der Waals surface area contributed by atoms with Crippen LogP contribution in [-0.2, 0) is 6.54 Å². The molecule has 2 aromatic rings. The van der Waals surface area contributed by atoms with E-state index in [2.05, 4.69) is 15.9 Å². The summed E-state index contributed by atoms with van der Waals surface area (Å²) in [6, 6.07) is 4.40. The van der Waals surface area contributed by atoms with Crippen molar-refractivity contribution in [3.8, 4) is 0 Å². The van der Waals surface area contributed by atoms with Gasteiger partial charge in [0, 0.05) is 16.8 Å². The summed E-state index contributed by atoms with van der Waals surface area (Å²) >= 11 is 9.14. The van der Waals surface area contributed by atoms with Crippen molar-refractivity contribution in [2.45, 2.75) is 13.5 Å². The van der Waals surface area contributed by atoms with Crippen molar-refractivity contribution >= 4 is 33.2 Å². The number of hydrogen-bond acceptors (Lipinski definition) is 2. The molecule has 0 saturated heterocycles. The summed E-state index contributed by atoms with van der Waals surface area (Å²) in [5, 5.41) is 0.280. The predicted molar refractivity (Wildman–Crippen MR) is 78.1 cm³/mol. The SMILES string of the molecule is Cc1c(N)cn(Cc2c(F)cccc2Cl)c(=O)c1Br. The van der Waals surface area contributed by atoms with Gasteiger partial charge in [-0.25, -0.2) is 4.39 Å². The molecule has 19 heavy (non-hydrogen) atoms. The molecule has 0 bridgehead atoms. The lowest BCUT2D eigenvalue weighted by atomic mass is 10.2. The number of aromatic nitrogens is 1. The molecule has 0 fully saturated rings. The molecular formula is C13H11BrClFN2O. The first kappa shape index (κ1) is 14.1. The number of nitrogens with two attached hydrogens (primary N) is 1. The van der Waals surface area contributed by atoms with E-state index in [1.807, 2.05) is 0 Å². The number of benzene rings is 1. The maximum Gasteiger partial charge on any atom is 0.265 e. The summed E-state index contributed by atoms with van der Waals surface area (Å²) < 4.78 is 15.4. The molecule has 0 aliphatic heterocycles. The van der Waals surface area contributed by atoms with E-state index in [1.54, 1.807) is 13.0 Å². The molecule has 2 N–H and O–H groups in total. The smallest absolute Gasteiger partial charge is 0.265 e. The van der Waals surface area contributed by atoms with E-state index < -0.39 is 5.82 Å². The molecular weight excluding hydrogens is 335 g/mol. The zero-order valence-electron chi connectivity index (χ0n) is 10.1. The first-order valence-electron chi connectivity index (χ1n) is 5.49. The third-order valence-corrected chi connectivity index (χ3v) is 4.18. The second-order valence-corrected chi connectivity index (χ2v) is 5.36. The van der Waals surface area contributed by atoms with E-state index in [0.717, 1.165) is 0 Å². The fourth-order valence-corrected chi connectivity index (χ4v) is 2.39. The van der Waals surface area contributed by atoms with Gasteiger partial charge in [0.2, 0.25) is 0 Å². The summed E-state index contributed by atoms with van der Waals surface area (Å²) in [6.07, 6.45) is 1.49. The summed E-state index contributed by atoms with van der Waals surface area (Å²) in [5.41, 5.74) is 6.92. The van der Waals surface area contributed by atoms with Gasteiger partial charge in [-0.3, -0.25) is 4.79 Å². The lowest BCUT2D eigenvalue weighted by Gasteiger charge is -2.12. The highest BCUT2D eigenvalue weighted by Gasteiger charge is 2.12. The van der Waals surface area contributed by atoms with Gasteiger partial charge in [0.1, 0.15) is 5.82 Å². The lowest BCUT2D eigenvalue weighted by molar-refractivity contribution is 0.596. The van der Waals surface area contributed by atoms with Gasteiger partial charge < -0.3 is 10.3 Å². The van der Waals surface area contributed by atoms with Gasteiger partial charge in [-0.2, -0.15) is 0 Å². The molecule has 0 spiro atoms. The quantitative estimate of drug-likeness (QED) is 0.907. The fourth-order valence-electron chi connectivity index (χ4n) is 1.71. The van der Waals surface area contributed by atoms with Gasteiger partial charge in [0.15, 0.2) is 0 Å². The lowest BCUT2D eigenvalue weighted by Crippen LogP contribution is -2.23. The molecule has 0 saturated carbocycles. The van der Waals surface area contributed by atoms with Crippen LogP contribution in [0.3, 0.4) is 0 Å². The molecule has 0 aliphatic rings. The van der Waals surface area contributed by atoms with Gasteiger partial charge in [-0.15, -0.1) is 0 Å². The first-order chi connectivity index (χ1) is 8.91. The average Bonchev–Trinajstić information content (AvgIpc) is 2.37. The summed E-state index contributed by atoms with van der Waals surface area (Å²) in [5.74, 6) is -0.449. The van der Waals surface area contributed by atoms with E-state index >= 15 is 0 Å². The van der Waals surface area contributed by atoms with Crippen LogP contribution < -0.4 is 11.3 Å². The number of pyridine rings is 1. The highest BCUT2D eigenvalue weighted by molar-refractivity contribution is 9.10. The van der Waals surface area contributed by atoms with Crippen LogP contribution in [0.4, 0.5) is 10.1 Å². The van der Waals surface area contributed by atoms with E-state index in [1.165, 1.54) is 22.9 Å². The molecule has 0 atom stereocenters. The Hall–Kier alpha value is -1.33. The van der Waals surface area contributed by atoms with E-state index in [0.29, 0.717) is 15.7 Å². The Bertz CT molecular complexity index is 680. The second-order valence-electron chi connectivity index (χ2n) is 4.16. The van der Waals surface area contributed by atoms with Crippen molar-refractivity contribution in [1.29, 1.82) is 0 Å². The number of halogens is 3. The van der Waals surface area contributed by atoms with Crippen molar-refractivity contribution in [1.82, 2.24) is 4.57 Å². The standard InChI is InChI=1S/C13H11BrClFN2O/c1-7-11(17)6-18(13(19)12(7)14)5-8-9(15)3-2-4-10(8)16/h2-4,6H,5,17H2,1H3. The minimum absolute atomic E-state index is 0.0351. The highest BCUT2D eigenvalue weighted by Crippen LogP contribution is 2.22. The van der Waals surface area contributed by atoms with Gasteiger partial charge in [0.05, 0.1) is 16.7 Å². The van der Waals surface area contributed by atoms with Crippen LogP contribution in [0.5, 0.6) is 0 Å². The highest BCUT2D eigenvalue weighted by atomic mass is 79.9. The van der Waals surface area contributed by atoms with Crippen LogP contribution in [0.2, 0.25) is 5.02 Å². The monoisotopic (exact) mass is 344 g/mol. The third kappa shape index (κ3) is 2.67. The number of nitrogens with zero attached hydrogens (tertiary/aromatic N) is 1. The Kier molecular flexibility index (Phi) is 3.96. The molecule has 100 valence electrons. The van der Waals surface area contributed by atoms with Crippen LogP contribution in [0.25, 0.3) is 0 Å². The van der Waals surface area contributed by atoms with Crippen LogP contribution in [0.1, 0.15) is 11.1 Å². The van der Waals surface area contributed by atoms with Crippen molar-refractivity contribution in [2.24, 2.45) is 0 Å². The molecule has 2 rings (SSSR count). The van der Waals surface area contributed by atoms with Gasteiger partial charge in [-0.05, 0) is 40.5 Å². The van der Waals surface area contributed by atoms with Crippen molar-refractivity contribution < 1.29 is 4.39 Å². The second kappa shape index (κ2) is 5.35. The number of nitrogen functional groups attached to an aromatic ring is 1. The number of anilines is 1. The molecule has 1 aromatic carbocycles. The summed E-state index contributed by atoms with van der Waals surface area (Å²) in [7, 11) is 0. The largest absolute Gasteiger partial charge is 0.397 e. The normalized spacial score (nSPS) is 10.7. The zero-order valence-corrected chi connectivity index (χ0v) is 12.4. The molecule has 0 radical (unpaired) electrons. The van der Waals surface area contributed by atoms with Crippen molar-refractivity contribution in [2.75, 3.05) is 5.73 Å². The number of hydrogen-bond donors (Lipinski definition) is 1. The van der Waals surface area contributed by atoms with Gasteiger partial charge >= 0.3 is 0 Å². The minimum atomic E-state index is -0.449. The van der Waals surface area contributed by atoms with E-state index in [4.69, 9.17) is 17.3 Å². The predicted octanol–water partition coefficient (Wildman–Crippen LogP) is 3.34. The van der Waals surface area contributed by atoms with Crippen LogP contribution >= 0.6 is 27.5 Å². The van der Waals surface area contributed by atoms with Crippen molar-refractivity contribution in [3.05, 3.63) is 61.2 Å². The molecule has 0 unspecified atom stereocenters. The maximum absolute atomic E-state index is 13.7. The minimum Gasteiger partial charge on any atom is -0.397 e. The Morgan fingerprint density at radius 2 is 2.16 bits per heavy atom. The molecule has 3 nitrogen and oxygen atoms in total. The Labute approximate surface area is 122 Å². The summed E-state index contributed by atoms with van der Waals surface area (Å²) in [6.45, 7) is 1.77. The molecule has 6 heteroatoms. The molecule has 1 heterocycles. The maximum atomic E-state index is 13.7. The average molecular weight is 346 g/mol. The third-order valence-electron chi connectivity index (χ3n) is 2.90. The molecule has 0 amide bonds.